The number of carbonyl (C=O) groups is 1. The van der Waals surface area contributed by atoms with Crippen LogP contribution in [0.15, 0.2) is 61.1 Å². The second-order valence-corrected chi connectivity index (χ2v) is 5.36. The smallest absolute Gasteiger partial charge is 0.259 e. The lowest BCUT2D eigenvalue weighted by atomic mass is 10.1. The van der Waals surface area contributed by atoms with Crippen molar-refractivity contribution < 1.29 is 9.53 Å². The van der Waals surface area contributed by atoms with Crippen molar-refractivity contribution in [2.45, 2.75) is 0 Å². The first-order chi connectivity index (χ1) is 11.7. The first kappa shape index (κ1) is 16.0. The molecule has 1 amide bonds. The van der Waals surface area contributed by atoms with E-state index in [1.807, 2.05) is 30.3 Å². The van der Waals surface area contributed by atoms with Gasteiger partial charge in [0.25, 0.3) is 5.91 Å². The fourth-order valence-electron chi connectivity index (χ4n) is 2.24. The molecule has 0 saturated heterocycles. The number of aromatic nitrogens is 2. The molecule has 0 aliphatic heterocycles. The van der Waals surface area contributed by atoms with Crippen molar-refractivity contribution in [2.75, 3.05) is 12.4 Å². The van der Waals surface area contributed by atoms with E-state index in [1.165, 1.54) is 12.5 Å². The molecule has 0 saturated carbocycles. The van der Waals surface area contributed by atoms with Crippen molar-refractivity contribution in [1.82, 2.24) is 9.97 Å². The zero-order valence-electron chi connectivity index (χ0n) is 12.9. The highest BCUT2D eigenvalue weighted by molar-refractivity contribution is 6.34. The van der Waals surface area contributed by atoms with E-state index in [0.29, 0.717) is 27.7 Å². The van der Waals surface area contributed by atoms with Gasteiger partial charge in [-0.25, -0.2) is 9.97 Å². The van der Waals surface area contributed by atoms with Crippen LogP contribution in [0.5, 0.6) is 5.75 Å². The van der Waals surface area contributed by atoms with Crippen LogP contribution in [0.4, 0.5) is 5.69 Å². The molecule has 1 aromatic heterocycles. The van der Waals surface area contributed by atoms with Gasteiger partial charge in [0.05, 0.1) is 29.1 Å². The summed E-state index contributed by atoms with van der Waals surface area (Å²) in [4.78, 5) is 20.9. The molecule has 0 unspecified atom stereocenters. The largest absolute Gasteiger partial charge is 0.497 e. The number of rotatable bonds is 4. The van der Waals surface area contributed by atoms with Gasteiger partial charge < -0.3 is 10.1 Å². The Kier molecular flexibility index (Phi) is 4.72. The van der Waals surface area contributed by atoms with E-state index in [0.717, 1.165) is 5.56 Å². The van der Waals surface area contributed by atoms with Gasteiger partial charge in [-0.15, -0.1) is 0 Å². The average Bonchev–Trinajstić information content (AvgIpc) is 2.64. The maximum atomic E-state index is 12.7. The van der Waals surface area contributed by atoms with Gasteiger partial charge in [0, 0.05) is 17.8 Å². The van der Waals surface area contributed by atoms with E-state index in [-0.39, 0.29) is 5.91 Å². The third-order valence-electron chi connectivity index (χ3n) is 3.43. The highest BCUT2D eigenvalue weighted by Crippen LogP contribution is 2.28. The van der Waals surface area contributed by atoms with Gasteiger partial charge in [-0.2, -0.15) is 0 Å². The third kappa shape index (κ3) is 3.36. The number of halogens is 1. The molecule has 0 spiro atoms. The van der Waals surface area contributed by atoms with Gasteiger partial charge in [0.15, 0.2) is 0 Å². The van der Waals surface area contributed by atoms with Crippen LogP contribution < -0.4 is 10.1 Å². The summed E-state index contributed by atoms with van der Waals surface area (Å²) < 4.78 is 5.16. The second kappa shape index (κ2) is 7.10. The molecule has 1 heterocycles. The van der Waals surface area contributed by atoms with Crippen LogP contribution in [0.3, 0.4) is 0 Å². The zero-order valence-corrected chi connectivity index (χ0v) is 13.6. The molecular formula is C18H14ClN3O2. The fourth-order valence-corrected chi connectivity index (χ4v) is 2.40. The summed E-state index contributed by atoms with van der Waals surface area (Å²) in [6.45, 7) is 0. The molecule has 24 heavy (non-hydrogen) atoms. The number of anilines is 1. The van der Waals surface area contributed by atoms with Gasteiger partial charge in [-0.3, -0.25) is 4.79 Å². The molecule has 2 aromatic carbocycles. The SMILES string of the molecule is COc1ccc(Cl)c(NC(=O)c2cncnc2-c2ccccc2)c1. The summed E-state index contributed by atoms with van der Waals surface area (Å²) in [6.07, 6.45) is 2.90. The Morgan fingerprint density at radius 2 is 1.96 bits per heavy atom. The van der Waals surface area contributed by atoms with Gasteiger partial charge >= 0.3 is 0 Å². The number of hydrogen-bond donors (Lipinski definition) is 1. The molecule has 120 valence electrons. The summed E-state index contributed by atoms with van der Waals surface area (Å²) in [5, 5.41) is 3.20. The van der Waals surface area contributed by atoms with E-state index in [4.69, 9.17) is 16.3 Å². The Hall–Kier alpha value is -2.92. The maximum Gasteiger partial charge on any atom is 0.259 e. The lowest BCUT2D eigenvalue weighted by Crippen LogP contribution is -2.14. The standard InChI is InChI=1S/C18H14ClN3O2/c1-24-13-7-8-15(19)16(9-13)22-18(23)14-10-20-11-21-17(14)12-5-3-2-4-6-12/h2-11H,1H3,(H,22,23). The van der Waals surface area contributed by atoms with Crippen LogP contribution in [-0.4, -0.2) is 23.0 Å². The Balaban J connectivity index is 1.95. The molecule has 0 atom stereocenters. The first-order valence-electron chi connectivity index (χ1n) is 7.19. The number of benzene rings is 2. The molecular weight excluding hydrogens is 326 g/mol. The van der Waals surface area contributed by atoms with Crippen molar-refractivity contribution in [3.05, 3.63) is 71.6 Å². The van der Waals surface area contributed by atoms with E-state index < -0.39 is 0 Å². The lowest BCUT2D eigenvalue weighted by Gasteiger charge is -2.11. The van der Waals surface area contributed by atoms with Crippen molar-refractivity contribution >= 4 is 23.2 Å². The molecule has 0 aliphatic carbocycles. The Labute approximate surface area is 144 Å². The summed E-state index contributed by atoms with van der Waals surface area (Å²) in [5.74, 6) is 0.256. The number of methoxy groups -OCH3 is 1. The quantitative estimate of drug-likeness (QED) is 0.778. The molecule has 1 N–H and O–H groups in total. The third-order valence-corrected chi connectivity index (χ3v) is 3.76. The maximum absolute atomic E-state index is 12.7. The van der Waals surface area contributed by atoms with Crippen LogP contribution in [0.25, 0.3) is 11.3 Å². The minimum Gasteiger partial charge on any atom is -0.497 e. The first-order valence-corrected chi connectivity index (χ1v) is 7.57. The second-order valence-electron chi connectivity index (χ2n) is 4.95. The summed E-state index contributed by atoms with van der Waals surface area (Å²) in [7, 11) is 1.55. The van der Waals surface area contributed by atoms with Crippen molar-refractivity contribution in [3.63, 3.8) is 0 Å². The minimum atomic E-state index is -0.343. The fraction of sp³-hybridized carbons (Fsp3) is 0.0556. The van der Waals surface area contributed by atoms with E-state index >= 15 is 0 Å². The topological polar surface area (TPSA) is 64.1 Å². The molecule has 6 heteroatoms. The normalized spacial score (nSPS) is 10.2. The van der Waals surface area contributed by atoms with E-state index in [1.54, 1.807) is 25.3 Å². The van der Waals surface area contributed by atoms with Crippen LogP contribution in [0.2, 0.25) is 5.02 Å². The van der Waals surface area contributed by atoms with Crippen LogP contribution >= 0.6 is 11.6 Å². The molecule has 0 aliphatic rings. The number of nitrogens with one attached hydrogen (secondary N) is 1. The van der Waals surface area contributed by atoms with Gasteiger partial charge in [0.1, 0.15) is 12.1 Å². The zero-order chi connectivity index (χ0) is 16.9. The number of ether oxygens (including phenoxy) is 1. The van der Waals surface area contributed by atoms with Crippen LogP contribution in [0.1, 0.15) is 10.4 Å². The van der Waals surface area contributed by atoms with Crippen molar-refractivity contribution in [1.29, 1.82) is 0 Å². The summed E-state index contributed by atoms with van der Waals surface area (Å²) >= 11 is 6.14. The molecule has 0 radical (unpaired) electrons. The summed E-state index contributed by atoms with van der Waals surface area (Å²) in [5.41, 5.74) is 2.22. The van der Waals surface area contributed by atoms with Crippen molar-refractivity contribution in [2.24, 2.45) is 0 Å². The Bertz CT molecular complexity index is 869. The molecule has 3 rings (SSSR count). The number of carbonyl (C=O) groups excluding carboxylic acids is 1. The molecule has 3 aromatic rings. The van der Waals surface area contributed by atoms with Gasteiger partial charge in [-0.05, 0) is 12.1 Å². The number of hydrogen-bond acceptors (Lipinski definition) is 4. The highest BCUT2D eigenvalue weighted by atomic mass is 35.5. The van der Waals surface area contributed by atoms with Gasteiger partial charge in [-0.1, -0.05) is 41.9 Å². The Morgan fingerprint density at radius 1 is 1.17 bits per heavy atom. The molecule has 0 fully saturated rings. The lowest BCUT2D eigenvalue weighted by molar-refractivity contribution is 0.102. The highest BCUT2D eigenvalue weighted by Gasteiger charge is 2.16. The average molecular weight is 340 g/mol. The number of nitrogens with zero attached hydrogens (tertiary/aromatic N) is 2. The molecule has 0 bridgehead atoms. The van der Waals surface area contributed by atoms with Crippen LogP contribution in [-0.2, 0) is 0 Å². The van der Waals surface area contributed by atoms with E-state index in [9.17, 15) is 4.79 Å². The number of amides is 1. The predicted molar refractivity (Wildman–Crippen MR) is 93.4 cm³/mol. The molecule has 5 nitrogen and oxygen atoms in total. The predicted octanol–water partition coefficient (Wildman–Crippen LogP) is 4.06. The monoisotopic (exact) mass is 339 g/mol. The van der Waals surface area contributed by atoms with Crippen LogP contribution in [0, 0.1) is 0 Å². The summed E-state index contributed by atoms with van der Waals surface area (Å²) in [6, 6.07) is 14.5. The van der Waals surface area contributed by atoms with Crippen molar-refractivity contribution in [3.8, 4) is 17.0 Å². The van der Waals surface area contributed by atoms with Gasteiger partial charge in [0.2, 0.25) is 0 Å². The van der Waals surface area contributed by atoms with E-state index in [2.05, 4.69) is 15.3 Å². The minimum absolute atomic E-state index is 0.343. The Morgan fingerprint density at radius 3 is 2.71 bits per heavy atom.